The van der Waals surface area contributed by atoms with Crippen LogP contribution in [-0.4, -0.2) is 14.0 Å². The SMILES string of the molecule is CCCn1c(=O)c2cccn2c2[nH]c(=O)ccc21. The summed E-state index contributed by atoms with van der Waals surface area (Å²) in [6, 6.07) is 6.71. The molecular weight excluding hydrogens is 230 g/mol. The standard InChI is InChI=1S/C13H13N3O2/c1-2-7-16-9-5-6-11(17)14-12(9)15-8-3-4-10(15)13(16)18/h3-6,8H,2,7H2,1H3,(H,14,17). The first-order chi connectivity index (χ1) is 8.72. The molecule has 0 unspecified atom stereocenters. The van der Waals surface area contributed by atoms with Gasteiger partial charge in [-0.2, -0.15) is 0 Å². The molecule has 0 saturated carbocycles. The van der Waals surface area contributed by atoms with Crippen molar-refractivity contribution >= 4 is 16.7 Å². The first-order valence-corrected chi connectivity index (χ1v) is 5.95. The van der Waals surface area contributed by atoms with Crippen molar-refractivity contribution in [3.05, 3.63) is 51.2 Å². The fourth-order valence-corrected chi connectivity index (χ4v) is 2.30. The number of nitrogens with zero attached hydrogens (tertiary/aromatic N) is 2. The fraction of sp³-hybridized carbons (Fsp3) is 0.231. The van der Waals surface area contributed by atoms with Crippen LogP contribution in [0.2, 0.25) is 0 Å². The number of rotatable bonds is 2. The maximum absolute atomic E-state index is 12.3. The van der Waals surface area contributed by atoms with Crippen molar-refractivity contribution < 1.29 is 0 Å². The van der Waals surface area contributed by atoms with Gasteiger partial charge in [-0.25, -0.2) is 0 Å². The van der Waals surface area contributed by atoms with Crippen LogP contribution < -0.4 is 11.1 Å². The molecule has 0 atom stereocenters. The van der Waals surface area contributed by atoms with E-state index >= 15 is 0 Å². The number of aromatic nitrogens is 3. The van der Waals surface area contributed by atoms with Crippen molar-refractivity contribution in [3.8, 4) is 0 Å². The summed E-state index contributed by atoms with van der Waals surface area (Å²) in [7, 11) is 0. The minimum Gasteiger partial charge on any atom is -0.306 e. The van der Waals surface area contributed by atoms with E-state index in [0.29, 0.717) is 17.7 Å². The Balaban J connectivity index is 2.60. The molecule has 5 nitrogen and oxygen atoms in total. The normalized spacial score (nSPS) is 11.4. The van der Waals surface area contributed by atoms with E-state index in [1.54, 1.807) is 33.4 Å². The Kier molecular flexibility index (Phi) is 2.33. The van der Waals surface area contributed by atoms with Crippen molar-refractivity contribution in [1.82, 2.24) is 14.0 Å². The van der Waals surface area contributed by atoms with Gasteiger partial charge in [0, 0.05) is 18.8 Å². The van der Waals surface area contributed by atoms with Crippen LogP contribution >= 0.6 is 0 Å². The van der Waals surface area contributed by atoms with Crippen molar-refractivity contribution in [3.63, 3.8) is 0 Å². The van der Waals surface area contributed by atoms with Crippen LogP contribution in [-0.2, 0) is 6.54 Å². The van der Waals surface area contributed by atoms with Gasteiger partial charge in [-0.05, 0) is 24.6 Å². The summed E-state index contributed by atoms with van der Waals surface area (Å²) in [6.07, 6.45) is 2.65. The summed E-state index contributed by atoms with van der Waals surface area (Å²) in [5.74, 6) is 0. The predicted octanol–water partition coefficient (Wildman–Crippen LogP) is 1.35. The summed E-state index contributed by atoms with van der Waals surface area (Å²) in [4.78, 5) is 26.6. The molecule has 0 aliphatic carbocycles. The van der Waals surface area contributed by atoms with Gasteiger partial charge in [0.1, 0.15) is 11.2 Å². The lowest BCUT2D eigenvalue weighted by atomic mass is 10.3. The highest BCUT2D eigenvalue weighted by atomic mass is 16.1. The minimum absolute atomic E-state index is 0.0265. The minimum atomic E-state index is -0.167. The maximum atomic E-state index is 12.3. The van der Waals surface area contributed by atoms with Gasteiger partial charge in [0.25, 0.3) is 5.56 Å². The van der Waals surface area contributed by atoms with Gasteiger partial charge in [0.2, 0.25) is 5.56 Å². The first-order valence-electron chi connectivity index (χ1n) is 5.95. The molecule has 3 aromatic rings. The molecule has 18 heavy (non-hydrogen) atoms. The molecule has 0 amide bonds. The van der Waals surface area contributed by atoms with Gasteiger partial charge in [-0.3, -0.25) is 14.0 Å². The average molecular weight is 243 g/mol. The summed E-state index contributed by atoms with van der Waals surface area (Å²) in [5.41, 5.74) is 1.80. The van der Waals surface area contributed by atoms with Crippen molar-refractivity contribution in [1.29, 1.82) is 0 Å². The number of H-pyrrole nitrogens is 1. The predicted molar refractivity (Wildman–Crippen MR) is 70.1 cm³/mol. The molecule has 0 bridgehead atoms. The average Bonchev–Trinajstić information content (AvgIpc) is 2.84. The monoisotopic (exact) mass is 243 g/mol. The Bertz CT molecular complexity index is 839. The molecule has 3 rings (SSSR count). The van der Waals surface area contributed by atoms with E-state index in [1.807, 2.05) is 6.92 Å². The van der Waals surface area contributed by atoms with Gasteiger partial charge in [-0.15, -0.1) is 0 Å². The number of hydrogen-bond donors (Lipinski definition) is 1. The quantitative estimate of drug-likeness (QED) is 0.738. The lowest BCUT2D eigenvalue weighted by molar-refractivity contribution is 0.677. The topological polar surface area (TPSA) is 59.3 Å². The van der Waals surface area contributed by atoms with Crippen LogP contribution in [0.1, 0.15) is 13.3 Å². The zero-order valence-electron chi connectivity index (χ0n) is 10.0. The molecule has 3 aromatic heterocycles. The zero-order valence-corrected chi connectivity index (χ0v) is 10.0. The summed E-state index contributed by atoms with van der Waals surface area (Å²) in [5, 5.41) is 0. The van der Waals surface area contributed by atoms with E-state index < -0.39 is 0 Å². The molecule has 5 heteroatoms. The largest absolute Gasteiger partial charge is 0.306 e. The highest BCUT2D eigenvalue weighted by Crippen LogP contribution is 2.11. The van der Waals surface area contributed by atoms with E-state index in [-0.39, 0.29) is 11.1 Å². The Labute approximate surface area is 102 Å². The molecular formula is C13H13N3O2. The van der Waals surface area contributed by atoms with Gasteiger partial charge in [0.15, 0.2) is 0 Å². The van der Waals surface area contributed by atoms with E-state index in [2.05, 4.69) is 4.98 Å². The van der Waals surface area contributed by atoms with Crippen molar-refractivity contribution in [2.24, 2.45) is 0 Å². The van der Waals surface area contributed by atoms with E-state index in [9.17, 15) is 9.59 Å². The van der Waals surface area contributed by atoms with Gasteiger partial charge >= 0.3 is 0 Å². The summed E-state index contributed by atoms with van der Waals surface area (Å²) in [6.45, 7) is 2.66. The van der Waals surface area contributed by atoms with Gasteiger partial charge < -0.3 is 9.55 Å². The van der Waals surface area contributed by atoms with Gasteiger partial charge in [-0.1, -0.05) is 6.92 Å². The molecule has 3 heterocycles. The van der Waals surface area contributed by atoms with E-state index in [0.717, 1.165) is 11.9 Å². The fourth-order valence-electron chi connectivity index (χ4n) is 2.30. The maximum Gasteiger partial charge on any atom is 0.275 e. The highest BCUT2D eigenvalue weighted by molar-refractivity contribution is 5.74. The number of pyridine rings is 1. The Morgan fingerprint density at radius 1 is 1.17 bits per heavy atom. The molecule has 0 fully saturated rings. The smallest absolute Gasteiger partial charge is 0.275 e. The number of hydrogen-bond acceptors (Lipinski definition) is 2. The highest BCUT2D eigenvalue weighted by Gasteiger charge is 2.10. The molecule has 0 aliphatic heterocycles. The number of aromatic amines is 1. The van der Waals surface area contributed by atoms with E-state index in [4.69, 9.17) is 0 Å². The second-order valence-corrected chi connectivity index (χ2v) is 4.28. The van der Waals surface area contributed by atoms with Crippen LogP contribution in [0.5, 0.6) is 0 Å². The molecule has 92 valence electrons. The Morgan fingerprint density at radius 3 is 2.78 bits per heavy atom. The molecule has 0 saturated heterocycles. The second kappa shape index (κ2) is 3.87. The number of fused-ring (bicyclic) bond motifs is 3. The van der Waals surface area contributed by atoms with Gasteiger partial charge in [0.05, 0.1) is 5.52 Å². The van der Waals surface area contributed by atoms with Crippen molar-refractivity contribution in [2.45, 2.75) is 19.9 Å². The number of nitrogens with one attached hydrogen (secondary N) is 1. The third kappa shape index (κ3) is 1.40. The summed E-state index contributed by atoms with van der Waals surface area (Å²) < 4.78 is 3.44. The van der Waals surface area contributed by atoms with Crippen LogP contribution in [0, 0.1) is 0 Å². The first kappa shape index (κ1) is 10.8. The zero-order chi connectivity index (χ0) is 12.7. The lowest BCUT2D eigenvalue weighted by Crippen LogP contribution is -2.24. The molecule has 0 aliphatic rings. The Morgan fingerprint density at radius 2 is 2.00 bits per heavy atom. The van der Waals surface area contributed by atoms with E-state index in [1.165, 1.54) is 6.07 Å². The number of aryl methyl sites for hydroxylation is 1. The Hall–Kier alpha value is -2.30. The molecule has 1 N–H and O–H groups in total. The lowest BCUT2D eigenvalue weighted by Gasteiger charge is -2.10. The third-order valence-electron chi connectivity index (χ3n) is 3.07. The molecule has 0 spiro atoms. The molecule has 0 radical (unpaired) electrons. The van der Waals surface area contributed by atoms with Crippen LogP contribution in [0.3, 0.4) is 0 Å². The van der Waals surface area contributed by atoms with Crippen LogP contribution in [0.15, 0.2) is 40.1 Å². The van der Waals surface area contributed by atoms with Crippen LogP contribution in [0.4, 0.5) is 0 Å². The second-order valence-electron chi connectivity index (χ2n) is 4.28. The summed E-state index contributed by atoms with van der Waals surface area (Å²) >= 11 is 0. The third-order valence-corrected chi connectivity index (χ3v) is 3.07. The van der Waals surface area contributed by atoms with Crippen LogP contribution in [0.25, 0.3) is 16.7 Å². The van der Waals surface area contributed by atoms with Crippen molar-refractivity contribution in [2.75, 3.05) is 0 Å². The molecule has 0 aromatic carbocycles.